The summed E-state index contributed by atoms with van der Waals surface area (Å²) in [5.41, 5.74) is 1.10. The first kappa shape index (κ1) is 12.0. The monoisotopic (exact) mass is 263 g/mol. The average molecular weight is 263 g/mol. The maximum Gasteiger partial charge on any atom is 0.294 e. The molecule has 2 amide bonds. The van der Waals surface area contributed by atoms with Crippen LogP contribution in [0.5, 0.6) is 0 Å². The molecule has 1 aliphatic rings. The number of hydrogen-bond acceptors (Lipinski definition) is 4. The number of aryl methyl sites for hydroxylation is 1. The Kier molecular flexibility index (Phi) is 3.36. The number of carbonyl (C=O) groups is 2. The molecule has 0 atom stereocenters. The zero-order chi connectivity index (χ0) is 12.4. The van der Waals surface area contributed by atoms with Gasteiger partial charge < -0.3 is 0 Å². The first-order valence-corrected chi connectivity index (χ1v) is 6.56. The molecule has 0 N–H and O–H groups in total. The fourth-order valence-electron chi connectivity index (χ4n) is 1.38. The fourth-order valence-corrected chi connectivity index (χ4v) is 3.13. The zero-order valence-corrected chi connectivity index (χ0v) is 10.7. The second-order valence-corrected chi connectivity index (χ2v) is 5.38. The molecular weight excluding hydrogens is 254 g/mol. The van der Waals surface area contributed by atoms with Crippen LogP contribution in [0.4, 0.5) is 4.79 Å². The summed E-state index contributed by atoms with van der Waals surface area (Å²) in [6.45, 7) is 2.00. The maximum atomic E-state index is 11.9. The van der Waals surface area contributed by atoms with E-state index in [1.165, 1.54) is 0 Å². The van der Waals surface area contributed by atoms with Crippen LogP contribution in [0.2, 0.25) is 0 Å². The molecule has 86 valence electrons. The minimum Gasteiger partial charge on any atom is -0.268 e. The van der Waals surface area contributed by atoms with Crippen molar-refractivity contribution in [1.82, 2.24) is 4.90 Å². The van der Waals surface area contributed by atoms with E-state index in [1.807, 2.05) is 18.4 Å². The molecule has 17 heavy (non-hydrogen) atoms. The third kappa shape index (κ3) is 2.28. The van der Waals surface area contributed by atoms with E-state index >= 15 is 0 Å². The average Bonchev–Trinajstić information content (AvgIpc) is 2.79. The Labute approximate surface area is 108 Å². The van der Waals surface area contributed by atoms with Crippen molar-refractivity contribution in [2.45, 2.75) is 6.92 Å². The quantitative estimate of drug-likeness (QED) is 0.608. The smallest absolute Gasteiger partial charge is 0.268 e. The lowest BCUT2D eigenvalue weighted by Gasteiger charge is -2.06. The van der Waals surface area contributed by atoms with Crippen LogP contribution in [-0.4, -0.2) is 22.6 Å². The SMILES string of the molecule is C#CCN1C(=O)S/C(=C/c2sccc2C)C1=O. The summed E-state index contributed by atoms with van der Waals surface area (Å²) < 4.78 is 0. The molecule has 2 rings (SSSR count). The second kappa shape index (κ2) is 4.78. The Bertz CT molecular complexity index is 551. The van der Waals surface area contributed by atoms with Crippen molar-refractivity contribution in [1.29, 1.82) is 0 Å². The highest BCUT2D eigenvalue weighted by Gasteiger charge is 2.34. The highest BCUT2D eigenvalue weighted by atomic mass is 32.2. The topological polar surface area (TPSA) is 37.4 Å². The van der Waals surface area contributed by atoms with Gasteiger partial charge >= 0.3 is 0 Å². The normalized spacial score (nSPS) is 17.9. The first-order valence-electron chi connectivity index (χ1n) is 4.86. The zero-order valence-electron chi connectivity index (χ0n) is 9.10. The van der Waals surface area contributed by atoms with Gasteiger partial charge in [0.2, 0.25) is 0 Å². The van der Waals surface area contributed by atoms with Gasteiger partial charge in [0.05, 0.1) is 11.4 Å². The van der Waals surface area contributed by atoms with E-state index < -0.39 is 0 Å². The molecule has 0 radical (unpaired) electrons. The van der Waals surface area contributed by atoms with Gasteiger partial charge in [-0.1, -0.05) is 5.92 Å². The fraction of sp³-hybridized carbons (Fsp3) is 0.167. The molecule has 5 heteroatoms. The number of amides is 2. The van der Waals surface area contributed by atoms with Gasteiger partial charge in [0.1, 0.15) is 0 Å². The van der Waals surface area contributed by atoms with Gasteiger partial charge in [-0.05, 0) is 41.8 Å². The van der Waals surface area contributed by atoms with Crippen molar-refractivity contribution >= 4 is 40.3 Å². The number of hydrogen-bond donors (Lipinski definition) is 0. The van der Waals surface area contributed by atoms with Gasteiger partial charge in [0.25, 0.3) is 11.1 Å². The Morgan fingerprint density at radius 1 is 1.53 bits per heavy atom. The van der Waals surface area contributed by atoms with Crippen LogP contribution >= 0.6 is 23.1 Å². The molecule has 1 aliphatic heterocycles. The molecule has 0 bridgehead atoms. The Hall–Kier alpha value is -1.51. The molecular formula is C12H9NO2S2. The van der Waals surface area contributed by atoms with Crippen LogP contribution in [0, 0.1) is 19.3 Å². The molecule has 0 unspecified atom stereocenters. The van der Waals surface area contributed by atoms with E-state index in [-0.39, 0.29) is 17.7 Å². The van der Waals surface area contributed by atoms with Crippen molar-refractivity contribution < 1.29 is 9.59 Å². The van der Waals surface area contributed by atoms with E-state index in [9.17, 15) is 9.59 Å². The van der Waals surface area contributed by atoms with Crippen LogP contribution < -0.4 is 0 Å². The predicted molar refractivity (Wildman–Crippen MR) is 70.6 cm³/mol. The van der Waals surface area contributed by atoms with Crippen LogP contribution in [-0.2, 0) is 4.79 Å². The van der Waals surface area contributed by atoms with Gasteiger partial charge in [-0.2, -0.15) is 0 Å². The van der Waals surface area contributed by atoms with Gasteiger partial charge in [-0.3, -0.25) is 14.5 Å². The summed E-state index contributed by atoms with van der Waals surface area (Å²) in [6, 6.07) is 1.97. The Morgan fingerprint density at radius 2 is 2.29 bits per heavy atom. The highest BCUT2D eigenvalue weighted by molar-refractivity contribution is 8.18. The number of imide groups is 1. The molecule has 0 aromatic carbocycles. The van der Waals surface area contributed by atoms with E-state index in [0.717, 1.165) is 27.1 Å². The lowest BCUT2D eigenvalue weighted by molar-refractivity contribution is -0.122. The summed E-state index contributed by atoms with van der Waals surface area (Å²) in [4.78, 5) is 25.9. The van der Waals surface area contributed by atoms with Gasteiger partial charge in [-0.15, -0.1) is 17.8 Å². The van der Waals surface area contributed by atoms with Crippen molar-refractivity contribution in [3.05, 3.63) is 26.8 Å². The lowest BCUT2D eigenvalue weighted by atomic mass is 10.2. The van der Waals surface area contributed by atoms with Crippen LogP contribution in [0.3, 0.4) is 0 Å². The third-order valence-corrected chi connectivity index (χ3v) is 4.16. The molecule has 3 nitrogen and oxygen atoms in total. The molecule has 2 heterocycles. The van der Waals surface area contributed by atoms with Crippen LogP contribution in [0.15, 0.2) is 16.4 Å². The third-order valence-electron chi connectivity index (χ3n) is 2.29. The maximum absolute atomic E-state index is 11.9. The number of terminal acetylenes is 1. The number of nitrogens with zero attached hydrogens (tertiary/aromatic N) is 1. The number of thioether (sulfide) groups is 1. The van der Waals surface area contributed by atoms with E-state index in [0.29, 0.717) is 4.91 Å². The minimum absolute atomic E-state index is 0.0332. The van der Waals surface area contributed by atoms with E-state index in [1.54, 1.807) is 17.4 Å². The van der Waals surface area contributed by atoms with Gasteiger partial charge in [0.15, 0.2) is 0 Å². The standard InChI is InChI=1S/C12H9NO2S2/c1-3-5-13-11(14)10(17-12(13)15)7-9-8(2)4-6-16-9/h1,4,6-7H,5H2,2H3/b10-7+. The summed E-state index contributed by atoms with van der Waals surface area (Å²) in [7, 11) is 0. The summed E-state index contributed by atoms with van der Waals surface area (Å²) in [5, 5.41) is 1.65. The van der Waals surface area contributed by atoms with E-state index in [4.69, 9.17) is 6.42 Å². The molecule has 0 spiro atoms. The Morgan fingerprint density at radius 3 is 2.88 bits per heavy atom. The van der Waals surface area contributed by atoms with E-state index in [2.05, 4.69) is 5.92 Å². The molecule has 1 fully saturated rings. The lowest BCUT2D eigenvalue weighted by Crippen LogP contribution is -2.28. The van der Waals surface area contributed by atoms with Crippen molar-refractivity contribution in [3.8, 4) is 12.3 Å². The molecule has 1 aromatic heterocycles. The summed E-state index contributed by atoms with van der Waals surface area (Å²) >= 11 is 2.48. The summed E-state index contributed by atoms with van der Waals surface area (Å²) in [5.74, 6) is 2.01. The van der Waals surface area contributed by atoms with Crippen LogP contribution in [0.1, 0.15) is 10.4 Å². The number of rotatable bonds is 2. The minimum atomic E-state index is -0.300. The molecule has 0 saturated carbocycles. The largest absolute Gasteiger partial charge is 0.294 e. The number of carbonyl (C=O) groups excluding carboxylic acids is 2. The predicted octanol–water partition coefficient (Wildman–Crippen LogP) is 2.73. The summed E-state index contributed by atoms with van der Waals surface area (Å²) in [6.07, 6.45) is 6.87. The second-order valence-electron chi connectivity index (χ2n) is 3.44. The number of thiophene rings is 1. The van der Waals surface area contributed by atoms with Gasteiger partial charge in [-0.25, -0.2) is 0 Å². The molecule has 1 aromatic rings. The Balaban J connectivity index is 2.29. The van der Waals surface area contributed by atoms with Gasteiger partial charge in [0, 0.05) is 4.88 Å². The molecule has 1 saturated heterocycles. The van der Waals surface area contributed by atoms with Crippen molar-refractivity contribution in [3.63, 3.8) is 0 Å². The van der Waals surface area contributed by atoms with Crippen molar-refractivity contribution in [2.75, 3.05) is 6.54 Å². The van der Waals surface area contributed by atoms with Crippen LogP contribution in [0.25, 0.3) is 6.08 Å². The van der Waals surface area contributed by atoms with Crippen molar-refractivity contribution in [2.24, 2.45) is 0 Å². The first-order chi connectivity index (χ1) is 8.13. The molecule has 0 aliphatic carbocycles. The highest BCUT2D eigenvalue weighted by Crippen LogP contribution is 2.33.